The molecule has 3 nitrogen and oxygen atoms in total. The van der Waals surface area contributed by atoms with E-state index >= 15 is 0 Å². The maximum absolute atomic E-state index is 6.19. The smallest absolute Gasteiger partial charge is 0.171 e. The van der Waals surface area contributed by atoms with Gasteiger partial charge in [0.05, 0.1) is 6.04 Å². The number of nitrogens with one attached hydrogen (secondary N) is 2. The van der Waals surface area contributed by atoms with E-state index in [1.807, 2.05) is 17.8 Å². The first-order chi connectivity index (χ1) is 14.9. The standard InChI is InChI=1S/C26H28N2OS2/c1-18-9-14-22-23(16-26(2,3)29-24(22)15-18)28-25(30)27-20-12-10-19(11-13-20)17-31-21-7-5-4-6-8-21/h4-15,23H,16-17H2,1-3H3,(H2,27,28,30)/t23-/m0/s1. The van der Waals surface area contributed by atoms with Crippen molar-refractivity contribution in [3.05, 3.63) is 89.5 Å². The first-order valence-electron chi connectivity index (χ1n) is 10.5. The second kappa shape index (κ2) is 9.33. The van der Waals surface area contributed by atoms with E-state index in [4.69, 9.17) is 17.0 Å². The minimum atomic E-state index is -0.244. The SMILES string of the molecule is Cc1ccc2c(c1)OC(C)(C)C[C@@H]2NC(=S)Nc1ccc(CSc2ccccc2)cc1. The summed E-state index contributed by atoms with van der Waals surface area (Å²) in [5, 5.41) is 7.45. The van der Waals surface area contributed by atoms with Crippen molar-refractivity contribution < 1.29 is 4.74 Å². The summed E-state index contributed by atoms with van der Waals surface area (Å²) < 4.78 is 6.19. The molecule has 0 saturated carbocycles. The molecule has 0 radical (unpaired) electrons. The molecule has 5 heteroatoms. The fourth-order valence-electron chi connectivity index (χ4n) is 3.78. The van der Waals surface area contributed by atoms with Crippen LogP contribution in [0.5, 0.6) is 5.75 Å². The first kappa shape index (κ1) is 21.7. The summed E-state index contributed by atoms with van der Waals surface area (Å²) in [4.78, 5) is 1.28. The van der Waals surface area contributed by atoms with Crippen molar-refractivity contribution >= 4 is 34.8 Å². The number of hydrogen-bond acceptors (Lipinski definition) is 3. The summed E-state index contributed by atoms with van der Waals surface area (Å²) >= 11 is 7.47. The highest BCUT2D eigenvalue weighted by molar-refractivity contribution is 7.98. The van der Waals surface area contributed by atoms with Crippen LogP contribution in [0.4, 0.5) is 5.69 Å². The van der Waals surface area contributed by atoms with Gasteiger partial charge in [-0.25, -0.2) is 0 Å². The Morgan fingerprint density at radius 3 is 2.55 bits per heavy atom. The highest BCUT2D eigenvalue weighted by atomic mass is 32.2. The van der Waals surface area contributed by atoms with Gasteiger partial charge in [0.15, 0.2) is 5.11 Å². The lowest BCUT2D eigenvalue weighted by Gasteiger charge is -2.38. The van der Waals surface area contributed by atoms with Crippen LogP contribution in [0.25, 0.3) is 0 Å². The van der Waals surface area contributed by atoms with Gasteiger partial charge in [-0.1, -0.05) is 42.5 Å². The second-order valence-corrected chi connectivity index (χ2v) is 10.0. The van der Waals surface area contributed by atoms with Crippen LogP contribution in [-0.2, 0) is 5.75 Å². The van der Waals surface area contributed by atoms with Crippen molar-refractivity contribution in [2.75, 3.05) is 5.32 Å². The Labute approximate surface area is 194 Å². The van der Waals surface area contributed by atoms with Crippen LogP contribution < -0.4 is 15.4 Å². The Morgan fingerprint density at radius 2 is 1.81 bits per heavy atom. The molecule has 3 aromatic carbocycles. The van der Waals surface area contributed by atoms with Crippen molar-refractivity contribution in [1.29, 1.82) is 0 Å². The van der Waals surface area contributed by atoms with Gasteiger partial charge in [-0.3, -0.25) is 0 Å². The third-order valence-corrected chi connectivity index (χ3v) is 6.60. The lowest BCUT2D eigenvalue weighted by atomic mass is 9.89. The van der Waals surface area contributed by atoms with Crippen LogP contribution in [-0.4, -0.2) is 10.7 Å². The molecule has 1 heterocycles. The van der Waals surface area contributed by atoms with Gasteiger partial charge in [0.25, 0.3) is 0 Å². The first-order valence-corrected chi connectivity index (χ1v) is 11.9. The molecule has 0 spiro atoms. The molecule has 1 aliphatic rings. The number of anilines is 1. The van der Waals surface area contributed by atoms with Crippen LogP contribution in [0.15, 0.2) is 77.7 Å². The second-order valence-electron chi connectivity index (χ2n) is 8.56. The van der Waals surface area contributed by atoms with Crippen LogP contribution in [0.2, 0.25) is 0 Å². The van der Waals surface area contributed by atoms with E-state index < -0.39 is 0 Å². The number of hydrogen-bond donors (Lipinski definition) is 2. The number of fused-ring (bicyclic) bond motifs is 1. The molecule has 0 saturated heterocycles. The normalized spacial score (nSPS) is 16.7. The Balaban J connectivity index is 1.36. The molecule has 0 unspecified atom stereocenters. The highest BCUT2D eigenvalue weighted by Crippen LogP contribution is 2.40. The lowest BCUT2D eigenvalue weighted by Crippen LogP contribution is -2.42. The van der Waals surface area contributed by atoms with Crippen molar-refractivity contribution in [3.8, 4) is 5.75 Å². The van der Waals surface area contributed by atoms with E-state index in [0.717, 1.165) is 29.2 Å². The molecule has 0 fully saturated rings. The molecular weight excluding hydrogens is 420 g/mol. The topological polar surface area (TPSA) is 33.3 Å². The predicted octanol–water partition coefficient (Wildman–Crippen LogP) is 6.88. The lowest BCUT2D eigenvalue weighted by molar-refractivity contribution is 0.0696. The zero-order valence-electron chi connectivity index (χ0n) is 18.1. The third kappa shape index (κ3) is 5.81. The Bertz CT molecular complexity index is 1050. The van der Waals surface area contributed by atoms with E-state index in [1.165, 1.54) is 16.0 Å². The van der Waals surface area contributed by atoms with Crippen molar-refractivity contribution in [1.82, 2.24) is 5.32 Å². The van der Waals surface area contributed by atoms with E-state index in [2.05, 4.69) is 98.1 Å². The molecule has 2 N–H and O–H groups in total. The molecule has 1 aliphatic heterocycles. The van der Waals surface area contributed by atoms with Gasteiger partial charge in [-0.2, -0.15) is 0 Å². The molecule has 0 aliphatic carbocycles. The van der Waals surface area contributed by atoms with Crippen LogP contribution >= 0.6 is 24.0 Å². The highest BCUT2D eigenvalue weighted by Gasteiger charge is 2.34. The molecule has 1 atom stereocenters. The molecule has 0 amide bonds. The fourth-order valence-corrected chi connectivity index (χ4v) is 4.92. The summed E-state index contributed by atoms with van der Waals surface area (Å²) in [6.07, 6.45) is 0.848. The number of rotatable bonds is 5. The van der Waals surface area contributed by atoms with Gasteiger partial charge >= 0.3 is 0 Å². The van der Waals surface area contributed by atoms with E-state index in [-0.39, 0.29) is 11.6 Å². The number of aryl methyl sites for hydroxylation is 1. The van der Waals surface area contributed by atoms with Crippen LogP contribution in [0.3, 0.4) is 0 Å². The van der Waals surface area contributed by atoms with Crippen LogP contribution in [0, 0.1) is 6.92 Å². The van der Waals surface area contributed by atoms with E-state index in [1.54, 1.807) is 0 Å². The molecule has 160 valence electrons. The fraction of sp³-hybridized carbons (Fsp3) is 0.269. The Hall–Kier alpha value is -2.50. The Morgan fingerprint density at radius 1 is 1.06 bits per heavy atom. The van der Waals surface area contributed by atoms with Crippen molar-refractivity contribution in [2.45, 2.75) is 49.5 Å². The number of ether oxygens (including phenoxy) is 1. The van der Waals surface area contributed by atoms with Gasteiger partial charge in [0.2, 0.25) is 0 Å². The van der Waals surface area contributed by atoms with Crippen molar-refractivity contribution in [2.24, 2.45) is 0 Å². The number of thiocarbonyl (C=S) groups is 1. The van der Waals surface area contributed by atoms with Gasteiger partial charge in [-0.15, -0.1) is 11.8 Å². The predicted molar refractivity (Wildman–Crippen MR) is 135 cm³/mol. The summed E-state index contributed by atoms with van der Waals surface area (Å²) in [7, 11) is 0. The summed E-state index contributed by atoms with van der Waals surface area (Å²) in [5.41, 5.74) is 4.38. The largest absolute Gasteiger partial charge is 0.487 e. The zero-order valence-corrected chi connectivity index (χ0v) is 19.8. The molecular formula is C26H28N2OS2. The molecule has 0 aromatic heterocycles. The average molecular weight is 449 g/mol. The monoisotopic (exact) mass is 448 g/mol. The maximum Gasteiger partial charge on any atom is 0.171 e. The zero-order chi connectivity index (χ0) is 21.8. The molecule has 4 rings (SSSR count). The van der Waals surface area contributed by atoms with Gasteiger partial charge in [-0.05, 0) is 74.4 Å². The maximum atomic E-state index is 6.19. The average Bonchev–Trinajstić information content (AvgIpc) is 2.73. The number of thioether (sulfide) groups is 1. The Kier molecular flexibility index (Phi) is 6.54. The van der Waals surface area contributed by atoms with Gasteiger partial charge in [0.1, 0.15) is 11.4 Å². The van der Waals surface area contributed by atoms with Gasteiger partial charge < -0.3 is 15.4 Å². The summed E-state index contributed by atoms with van der Waals surface area (Å²) in [6.45, 7) is 6.33. The minimum Gasteiger partial charge on any atom is -0.487 e. The quantitative estimate of drug-likeness (QED) is 0.328. The summed E-state index contributed by atoms with van der Waals surface area (Å²) in [6, 6.07) is 25.4. The summed E-state index contributed by atoms with van der Waals surface area (Å²) in [5.74, 6) is 1.89. The number of benzene rings is 3. The molecule has 31 heavy (non-hydrogen) atoms. The molecule has 3 aromatic rings. The van der Waals surface area contributed by atoms with E-state index in [0.29, 0.717) is 5.11 Å². The third-order valence-electron chi connectivity index (χ3n) is 5.29. The molecule has 0 bridgehead atoms. The van der Waals surface area contributed by atoms with Crippen LogP contribution in [0.1, 0.15) is 43.0 Å². The van der Waals surface area contributed by atoms with Gasteiger partial charge in [0, 0.05) is 28.3 Å². The minimum absolute atomic E-state index is 0.112. The van der Waals surface area contributed by atoms with Crippen molar-refractivity contribution in [3.63, 3.8) is 0 Å². The van der Waals surface area contributed by atoms with E-state index in [9.17, 15) is 0 Å².